The van der Waals surface area contributed by atoms with Crippen LogP contribution in [0.15, 0.2) is 54.7 Å². The predicted octanol–water partition coefficient (Wildman–Crippen LogP) is 5.67. The molecule has 0 atom stereocenters. The number of aryl methyl sites for hydroxylation is 2. The maximum atomic E-state index is 9.74. The van der Waals surface area contributed by atoms with E-state index in [9.17, 15) is 5.11 Å². The van der Waals surface area contributed by atoms with E-state index in [1.807, 2.05) is 44.2 Å². The Morgan fingerprint density at radius 2 is 1.87 bits per heavy atom. The maximum absolute atomic E-state index is 9.74. The Labute approximate surface area is 179 Å². The van der Waals surface area contributed by atoms with Gasteiger partial charge >= 0.3 is 0 Å². The molecule has 0 bridgehead atoms. The number of hydrogen-bond acceptors (Lipinski definition) is 5. The molecule has 0 unspecified atom stereocenters. The minimum atomic E-state index is -0.252. The highest BCUT2D eigenvalue weighted by Gasteiger charge is 2.15. The first kappa shape index (κ1) is 19.8. The summed E-state index contributed by atoms with van der Waals surface area (Å²) in [6.45, 7) is 3.81. The van der Waals surface area contributed by atoms with E-state index in [0.29, 0.717) is 22.1 Å². The van der Waals surface area contributed by atoms with Crippen molar-refractivity contribution in [2.24, 2.45) is 0 Å². The Kier molecular flexibility index (Phi) is 5.37. The molecule has 0 radical (unpaired) electrons. The Hall–Kier alpha value is -3.46. The van der Waals surface area contributed by atoms with Gasteiger partial charge in [0.2, 0.25) is 0 Å². The number of rotatable bonds is 4. The monoisotopic (exact) mass is 414 g/mol. The average Bonchev–Trinajstić information content (AvgIpc) is 2.77. The van der Waals surface area contributed by atoms with Crippen LogP contribution >= 0.6 is 11.6 Å². The normalized spacial score (nSPS) is 10.8. The zero-order valence-corrected chi connectivity index (χ0v) is 17.3. The molecule has 0 saturated carbocycles. The lowest BCUT2D eigenvalue weighted by atomic mass is 10.0. The SMILES string of the molecule is Cc1ccc(C)c(Nc2c(Cl)c(CO)nc3ccc(-c4ccc(C#N)nc4)cc23)c1. The van der Waals surface area contributed by atoms with Crippen molar-refractivity contribution >= 4 is 33.9 Å². The fraction of sp³-hybridized carbons (Fsp3) is 0.125. The Bertz CT molecular complexity index is 1290. The van der Waals surface area contributed by atoms with Crippen molar-refractivity contribution in [2.75, 3.05) is 5.32 Å². The van der Waals surface area contributed by atoms with Gasteiger partial charge in [-0.3, -0.25) is 0 Å². The minimum absolute atomic E-state index is 0.252. The van der Waals surface area contributed by atoms with Crippen molar-refractivity contribution in [3.05, 3.63) is 82.3 Å². The fourth-order valence-corrected chi connectivity index (χ4v) is 3.58. The van der Waals surface area contributed by atoms with Gasteiger partial charge in [0.15, 0.2) is 0 Å². The molecule has 30 heavy (non-hydrogen) atoms. The summed E-state index contributed by atoms with van der Waals surface area (Å²) in [6.07, 6.45) is 1.68. The molecule has 0 aliphatic heterocycles. The van der Waals surface area contributed by atoms with Crippen LogP contribution in [0.25, 0.3) is 22.0 Å². The molecule has 4 aromatic rings. The molecule has 0 spiro atoms. The van der Waals surface area contributed by atoms with E-state index in [1.54, 1.807) is 12.3 Å². The Morgan fingerprint density at radius 1 is 1.07 bits per heavy atom. The Morgan fingerprint density at radius 3 is 2.57 bits per heavy atom. The number of nitrogens with zero attached hydrogens (tertiary/aromatic N) is 3. The van der Waals surface area contributed by atoms with Gasteiger partial charge in [-0.2, -0.15) is 5.26 Å². The average molecular weight is 415 g/mol. The molecular formula is C24H19ClN4O. The summed E-state index contributed by atoms with van der Waals surface area (Å²) < 4.78 is 0. The highest BCUT2D eigenvalue weighted by atomic mass is 35.5. The first-order valence-corrected chi connectivity index (χ1v) is 9.81. The molecule has 6 heteroatoms. The maximum Gasteiger partial charge on any atom is 0.140 e. The second kappa shape index (κ2) is 8.11. The van der Waals surface area contributed by atoms with E-state index in [0.717, 1.165) is 38.8 Å². The standard InChI is InChI=1S/C24H19ClN4O/c1-14-3-4-15(2)21(9-14)29-24-19-10-16(17-5-7-18(11-26)27-12-17)6-8-20(19)28-22(13-30)23(24)25/h3-10,12,30H,13H2,1-2H3,(H,28,29). The van der Waals surface area contributed by atoms with E-state index >= 15 is 0 Å². The van der Waals surface area contributed by atoms with E-state index in [4.69, 9.17) is 16.9 Å². The number of nitrogens with one attached hydrogen (secondary N) is 1. The van der Waals surface area contributed by atoms with E-state index in [1.165, 1.54) is 0 Å². The lowest BCUT2D eigenvalue weighted by Gasteiger charge is -2.17. The second-order valence-electron chi connectivity index (χ2n) is 7.12. The number of benzene rings is 2. The molecule has 2 heterocycles. The number of aliphatic hydroxyl groups excluding tert-OH is 1. The van der Waals surface area contributed by atoms with Crippen molar-refractivity contribution in [1.82, 2.24) is 9.97 Å². The van der Waals surface area contributed by atoms with Crippen molar-refractivity contribution in [3.8, 4) is 17.2 Å². The number of nitriles is 1. The molecule has 2 aromatic heterocycles. The van der Waals surface area contributed by atoms with E-state index < -0.39 is 0 Å². The second-order valence-corrected chi connectivity index (χ2v) is 7.50. The molecule has 0 fully saturated rings. The van der Waals surface area contributed by atoms with Crippen LogP contribution in [-0.2, 0) is 6.61 Å². The molecule has 2 N–H and O–H groups in total. The van der Waals surface area contributed by atoms with E-state index in [2.05, 4.69) is 33.5 Å². The van der Waals surface area contributed by atoms with Crippen LogP contribution in [0.1, 0.15) is 22.5 Å². The summed E-state index contributed by atoms with van der Waals surface area (Å²) in [5, 5.41) is 23.4. The number of hydrogen-bond donors (Lipinski definition) is 2. The summed E-state index contributed by atoms with van der Waals surface area (Å²) in [5.74, 6) is 0. The number of pyridine rings is 2. The number of aliphatic hydroxyl groups is 1. The third-order valence-corrected chi connectivity index (χ3v) is 5.42. The molecule has 148 valence electrons. The molecule has 0 aliphatic rings. The van der Waals surface area contributed by atoms with Gasteiger partial charge in [0.25, 0.3) is 0 Å². The van der Waals surface area contributed by atoms with Crippen LogP contribution in [0.2, 0.25) is 5.02 Å². The van der Waals surface area contributed by atoms with Gasteiger partial charge in [0.1, 0.15) is 11.8 Å². The van der Waals surface area contributed by atoms with Gasteiger partial charge in [0, 0.05) is 22.8 Å². The minimum Gasteiger partial charge on any atom is -0.390 e. The van der Waals surface area contributed by atoms with Gasteiger partial charge in [-0.05, 0) is 60.9 Å². The first-order valence-electron chi connectivity index (χ1n) is 9.44. The highest BCUT2D eigenvalue weighted by molar-refractivity contribution is 6.35. The number of anilines is 2. The highest BCUT2D eigenvalue weighted by Crippen LogP contribution is 2.37. The third-order valence-electron chi connectivity index (χ3n) is 5.01. The van der Waals surface area contributed by atoms with Crippen molar-refractivity contribution in [1.29, 1.82) is 5.26 Å². The number of halogens is 1. The van der Waals surface area contributed by atoms with Crippen molar-refractivity contribution in [2.45, 2.75) is 20.5 Å². The first-order chi connectivity index (χ1) is 14.5. The molecule has 2 aromatic carbocycles. The zero-order valence-electron chi connectivity index (χ0n) is 16.6. The predicted molar refractivity (Wildman–Crippen MR) is 120 cm³/mol. The number of aromatic nitrogens is 2. The van der Waals surface area contributed by atoms with Gasteiger partial charge in [-0.1, -0.05) is 29.8 Å². The molecule has 0 amide bonds. The molecule has 0 saturated heterocycles. The summed E-state index contributed by atoms with van der Waals surface area (Å²) in [5.41, 5.74) is 7.18. The molecule has 4 rings (SSSR count). The Balaban J connectivity index is 1.90. The van der Waals surface area contributed by atoms with Crippen LogP contribution in [0, 0.1) is 25.2 Å². The van der Waals surface area contributed by atoms with Crippen molar-refractivity contribution < 1.29 is 5.11 Å². The summed E-state index contributed by atoms with van der Waals surface area (Å²) in [7, 11) is 0. The summed E-state index contributed by atoms with van der Waals surface area (Å²) in [4.78, 5) is 8.68. The van der Waals surface area contributed by atoms with Crippen LogP contribution in [0.3, 0.4) is 0 Å². The fourth-order valence-electron chi connectivity index (χ4n) is 3.33. The summed E-state index contributed by atoms with van der Waals surface area (Å²) in [6, 6.07) is 17.6. The largest absolute Gasteiger partial charge is 0.390 e. The van der Waals surface area contributed by atoms with Crippen LogP contribution in [0.5, 0.6) is 0 Å². The zero-order chi connectivity index (χ0) is 21.3. The van der Waals surface area contributed by atoms with Crippen molar-refractivity contribution in [3.63, 3.8) is 0 Å². The molecule has 5 nitrogen and oxygen atoms in total. The van der Waals surface area contributed by atoms with Gasteiger partial charge in [-0.25, -0.2) is 9.97 Å². The number of fused-ring (bicyclic) bond motifs is 1. The van der Waals surface area contributed by atoms with Crippen LogP contribution < -0.4 is 5.32 Å². The summed E-state index contributed by atoms with van der Waals surface area (Å²) >= 11 is 6.63. The topological polar surface area (TPSA) is 81.8 Å². The van der Waals surface area contributed by atoms with Crippen LogP contribution in [-0.4, -0.2) is 15.1 Å². The van der Waals surface area contributed by atoms with Gasteiger partial charge < -0.3 is 10.4 Å². The lowest BCUT2D eigenvalue weighted by molar-refractivity contribution is 0.277. The van der Waals surface area contributed by atoms with Crippen LogP contribution in [0.4, 0.5) is 11.4 Å². The van der Waals surface area contributed by atoms with Gasteiger partial charge in [0.05, 0.1) is 28.5 Å². The van der Waals surface area contributed by atoms with E-state index in [-0.39, 0.29) is 6.61 Å². The van der Waals surface area contributed by atoms with Gasteiger partial charge in [-0.15, -0.1) is 0 Å². The molecule has 0 aliphatic carbocycles. The lowest BCUT2D eigenvalue weighted by Crippen LogP contribution is -2.01. The third kappa shape index (κ3) is 3.71. The quantitative estimate of drug-likeness (QED) is 0.449. The smallest absolute Gasteiger partial charge is 0.140 e. The molecular weight excluding hydrogens is 396 g/mol.